The number of fused-ring (bicyclic) bond motifs is 4. The van der Waals surface area contributed by atoms with E-state index in [1.807, 2.05) is 6.07 Å². The Morgan fingerprint density at radius 3 is 1.57 bits per heavy atom. The Morgan fingerprint density at radius 1 is 0.623 bits per heavy atom. The van der Waals surface area contributed by atoms with E-state index in [0.29, 0.717) is 25.1 Å². The van der Waals surface area contributed by atoms with Crippen molar-refractivity contribution < 1.29 is 29.4 Å². The summed E-state index contributed by atoms with van der Waals surface area (Å²) in [5.74, 6) is -3.50. The number of amides is 2. The molecule has 6 heterocycles. The molecular formula is C48H59N7O6. The highest BCUT2D eigenvalue weighted by molar-refractivity contribution is 5.91. The predicted molar refractivity (Wildman–Crippen MR) is 237 cm³/mol. The largest absolute Gasteiger partial charge is 0.481 e. The highest BCUT2D eigenvalue weighted by atomic mass is 16.4. The standard InChI is InChI=1S/C33H40N4O6.C15H19N3/c1-23-11-14-36-22-37-15-12-24(17-29(37)28(36)16-23)6-5-13-34-30(38)18-25(20-32(40)41)9-10-26(21-33(42)43)19-31(39)35-27-7-3-2-4-8-27;1-12-4-7-17-11-18-8-5-13(3-2-6-16)10-15(18)14(17)9-12/h2-4,7-8,11-12,14-17,25-26H,5-6,9-10,13,18-22H2,1H3,(H,34,38)(H,35,39)(H,40,41)(H,42,43);4-5,7-10H,2-3,6,11,16H2,1H3. The molecule has 2 amide bonds. The number of nitrogens with two attached hydrogens (primary N) is 1. The van der Waals surface area contributed by atoms with Crippen molar-refractivity contribution in [2.45, 2.75) is 78.1 Å². The summed E-state index contributed by atoms with van der Waals surface area (Å²) in [6, 6.07) is 8.90. The van der Waals surface area contributed by atoms with Gasteiger partial charge in [0.05, 0.1) is 36.1 Å². The van der Waals surface area contributed by atoms with Gasteiger partial charge in [-0.1, -0.05) is 18.2 Å². The van der Waals surface area contributed by atoms with Crippen LogP contribution in [0.15, 0.2) is 149 Å². The van der Waals surface area contributed by atoms with Crippen LogP contribution in [0.25, 0.3) is 0 Å². The summed E-state index contributed by atoms with van der Waals surface area (Å²) in [6.07, 6.45) is 30.0. The molecule has 0 bridgehead atoms. The Morgan fingerprint density at radius 2 is 1.08 bits per heavy atom. The van der Waals surface area contributed by atoms with Gasteiger partial charge in [0, 0.05) is 62.7 Å². The zero-order valence-electron chi connectivity index (χ0n) is 35.3. The first-order chi connectivity index (χ1) is 29.4. The Bertz CT molecular complexity index is 2140. The maximum Gasteiger partial charge on any atom is 0.303 e. The normalized spacial score (nSPS) is 17.9. The number of aliphatic carboxylic acids is 2. The van der Waals surface area contributed by atoms with Crippen LogP contribution in [0, 0.1) is 11.8 Å². The van der Waals surface area contributed by atoms with Crippen LogP contribution in [-0.2, 0) is 19.2 Å². The summed E-state index contributed by atoms with van der Waals surface area (Å²) >= 11 is 0. The van der Waals surface area contributed by atoms with Crippen molar-refractivity contribution in [1.82, 2.24) is 24.9 Å². The van der Waals surface area contributed by atoms with Crippen molar-refractivity contribution in [2.75, 3.05) is 31.7 Å². The van der Waals surface area contributed by atoms with Crippen LogP contribution in [0.3, 0.4) is 0 Å². The van der Waals surface area contributed by atoms with E-state index < -0.39 is 23.8 Å². The molecule has 6 aliphatic heterocycles. The van der Waals surface area contributed by atoms with Crippen molar-refractivity contribution >= 4 is 29.4 Å². The smallest absolute Gasteiger partial charge is 0.303 e. The lowest BCUT2D eigenvalue weighted by molar-refractivity contribution is -0.140. The molecule has 0 saturated heterocycles. The number of rotatable bonds is 19. The molecule has 13 nitrogen and oxygen atoms in total. The number of carboxylic acids is 2. The Hall–Kier alpha value is -6.34. The van der Waals surface area contributed by atoms with E-state index in [2.05, 4.69) is 117 Å². The minimum absolute atomic E-state index is 0.00172. The molecule has 6 aliphatic rings. The maximum absolute atomic E-state index is 12.7. The number of carbonyl (C=O) groups is 4. The van der Waals surface area contributed by atoms with Gasteiger partial charge in [0.15, 0.2) is 0 Å². The third-order valence-electron chi connectivity index (χ3n) is 11.3. The highest BCUT2D eigenvalue weighted by Crippen LogP contribution is 2.35. The highest BCUT2D eigenvalue weighted by Gasteiger charge is 2.29. The average Bonchev–Trinajstić information content (AvgIpc) is 3.77. The summed E-state index contributed by atoms with van der Waals surface area (Å²) in [7, 11) is 0. The molecule has 0 saturated carbocycles. The molecule has 7 rings (SSSR count). The number of nitrogens with one attached hydrogen (secondary N) is 2. The van der Waals surface area contributed by atoms with Gasteiger partial charge in [0.2, 0.25) is 11.8 Å². The van der Waals surface area contributed by atoms with Crippen LogP contribution >= 0.6 is 0 Å². The van der Waals surface area contributed by atoms with E-state index in [9.17, 15) is 29.4 Å². The van der Waals surface area contributed by atoms with Crippen LogP contribution < -0.4 is 16.4 Å². The first-order valence-electron chi connectivity index (χ1n) is 21.2. The van der Waals surface area contributed by atoms with Gasteiger partial charge in [-0.2, -0.15) is 0 Å². The van der Waals surface area contributed by atoms with Gasteiger partial charge in [-0.25, -0.2) is 0 Å². The molecule has 322 valence electrons. The minimum Gasteiger partial charge on any atom is -0.481 e. The fourth-order valence-corrected chi connectivity index (χ4v) is 8.11. The molecule has 1 aromatic carbocycles. The van der Waals surface area contributed by atoms with E-state index in [-0.39, 0.29) is 37.5 Å². The van der Waals surface area contributed by atoms with E-state index in [0.717, 1.165) is 45.6 Å². The summed E-state index contributed by atoms with van der Waals surface area (Å²) in [6.45, 7) is 7.15. The second-order valence-corrected chi connectivity index (χ2v) is 16.4. The van der Waals surface area contributed by atoms with Crippen molar-refractivity contribution in [3.05, 3.63) is 149 Å². The summed E-state index contributed by atoms with van der Waals surface area (Å²) in [5.41, 5.74) is 16.2. The van der Waals surface area contributed by atoms with E-state index in [1.165, 1.54) is 45.1 Å². The number of hydrogen-bond donors (Lipinski definition) is 5. The second kappa shape index (κ2) is 21.3. The molecule has 2 atom stereocenters. The van der Waals surface area contributed by atoms with Gasteiger partial charge in [0.25, 0.3) is 0 Å². The molecule has 0 aliphatic carbocycles. The Balaban J connectivity index is 0.000000285. The molecular weight excluding hydrogens is 771 g/mol. The third kappa shape index (κ3) is 12.8. The average molecular weight is 830 g/mol. The fourth-order valence-electron chi connectivity index (χ4n) is 8.11. The lowest BCUT2D eigenvalue weighted by Crippen LogP contribution is -2.28. The number of hydrogen-bond acceptors (Lipinski definition) is 9. The molecule has 2 unspecified atom stereocenters. The van der Waals surface area contributed by atoms with Crippen LogP contribution in [0.5, 0.6) is 0 Å². The van der Waals surface area contributed by atoms with Crippen LogP contribution in [0.4, 0.5) is 5.69 Å². The molecule has 13 heteroatoms. The second-order valence-electron chi connectivity index (χ2n) is 16.4. The molecule has 6 N–H and O–H groups in total. The van der Waals surface area contributed by atoms with Crippen LogP contribution in [-0.4, -0.2) is 80.0 Å². The quantitative estimate of drug-likeness (QED) is 0.0880. The van der Waals surface area contributed by atoms with Crippen molar-refractivity contribution in [3.8, 4) is 0 Å². The van der Waals surface area contributed by atoms with Gasteiger partial charge in [-0.05, 0) is 154 Å². The number of carboxylic acid groups (broad SMARTS) is 2. The van der Waals surface area contributed by atoms with Gasteiger partial charge < -0.3 is 46.2 Å². The minimum atomic E-state index is -1.02. The topological polar surface area (TPSA) is 172 Å². The molecule has 61 heavy (non-hydrogen) atoms. The van der Waals surface area contributed by atoms with Gasteiger partial charge >= 0.3 is 11.9 Å². The van der Waals surface area contributed by atoms with Gasteiger partial charge in [0.1, 0.15) is 0 Å². The molecule has 0 radical (unpaired) electrons. The van der Waals surface area contributed by atoms with Crippen molar-refractivity contribution in [3.63, 3.8) is 0 Å². The fraction of sp³-hybridized carbons (Fsp3) is 0.375. The number of carbonyl (C=O) groups excluding carboxylic acids is 2. The maximum atomic E-state index is 12.7. The summed E-state index contributed by atoms with van der Waals surface area (Å²) in [4.78, 5) is 57.1. The number of anilines is 1. The van der Waals surface area contributed by atoms with E-state index in [1.54, 1.807) is 24.3 Å². The van der Waals surface area contributed by atoms with Crippen molar-refractivity contribution in [1.29, 1.82) is 0 Å². The van der Waals surface area contributed by atoms with E-state index in [4.69, 9.17) is 5.73 Å². The van der Waals surface area contributed by atoms with Crippen LogP contribution in [0.1, 0.15) is 78.1 Å². The third-order valence-corrected chi connectivity index (χ3v) is 11.3. The monoisotopic (exact) mass is 829 g/mol. The molecule has 0 spiro atoms. The predicted octanol–water partition coefficient (Wildman–Crippen LogP) is 7.42. The van der Waals surface area contributed by atoms with Crippen LogP contribution in [0.2, 0.25) is 0 Å². The molecule has 0 aromatic heterocycles. The Kier molecular flexibility index (Phi) is 15.4. The Labute approximate surface area is 359 Å². The number of nitrogens with zero attached hydrogens (tertiary/aromatic N) is 4. The molecule has 1 aromatic rings. The summed E-state index contributed by atoms with van der Waals surface area (Å²) in [5, 5.41) is 24.4. The first-order valence-corrected chi connectivity index (χ1v) is 21.2. The number of para-hydroxylation sites is 1. The van der Waals surface area contributed by atoms with Gasteiger partial charge in [-0.15, -0.1) is 0 Å². The zero-order valence-corrected chi connectivity index (χ0v) is 35.3. The number of benzene rings is 1. The summed E-state index contributed by atoms with van der Waals surface area (Å²) < 4.78 is 0. The number of allylic oxidation sites excluding steroid dienone is 12. The molecule has 0 fully saturated rings. The van der Waals surface area contributed by atoms with E-state index >= 15 is 0 Å². The lowest BCUT2D eigenvalue weighted by atomic mass is 9.87. The van der Waals surface area contributed by atoms with Crippen molar-refractivity contribution in [2.24, 2.45) is 17.6 Å². The zero-order chi connectivity index (χ0) is 43.3. The first kappa shape index (κ1) is 44.2. The SMILES string of the molecule is CC1=CC2=C3C=C(CCCN)C=CN3CN2C=C1.CC1=CC2=C3C=C(CCCNC(=O)CC(CCC(CC(=O)O)CC(=O)Nc4ccccc4)CC(=O)O)C=CN3CN2C=C1. The lowest BCUT2D eigenvalue weighted by Gasteiger charge is -2.21. The van der Waals surface area contributed by atoms with Gasteiger partial charge in [-0.3, -0.25) is 19.2 Å².